The van der Waals surface area contributed by atoms with E-state index in [4.69, 9.17) is 9.92 Å². The van der Waals surface area contributed by atoms with Crippen molar-refractivity contribution in [2.24, 2.45) is 5.92 Å². The van der Waals surface area contributed by atoms with Crippen molar-refractivity contribution in [2.75, 3.05) is 27.2 Å². The number of hydrogen-bond acceptors (Lipinski definition) is 6. The molecule has 0 radical (unpaired) electrons. The zero-order valence-electron chi connectivity index (χ0n) is 17.7. The molecule has 0 spiro atoms. The minimum absolute atomic E-state index is 0.156. The van der Waals surface area contributed by atoms with Crippen LogP contribution in [-0.2, 0) is 15.0 Å². The SMILES string of the molecule is C[C@H](c1ccccc1)N1CC(C=O)C(NC(=BOC#N)N(C)C)(c2ccccc2)C1. The van der Waals surface area contributed by atoms with Gasteiger partial charge < -0.3 is 0 Å². The Kier molecular flexibility index (Phi) is 6.91. The van der Waals surface area contributed by atoms with Gasteiger partial charge in [0.25, 0.3) is 0 Å². The second-order valence-electron chi connectivity index (χ2n) is 7.83. The van der Waals surface area contributed by atoms with E-state index >= 15 is 0 Å². The first-order chi connectivity index (χ1) is 14.5. The molecule has 1 aliphatic heterocycles. The van der Waals surface area contributed by atoms with Gasteiger partial charge in [0.2, 0.25) is 0 Å². The molecule has 7 heteroatoms. The molecule has 30 heavy (non-hydrogen) atoms. The van der Waals surface area contributed by atoms with Gasteiger partial charge in [-0.25, -0.2) is 0 Å². The molecule has 154 valence electrons. The van der Waals surface area contributed by atoms with E-state index in [1.807, 2.05) is 67.5 Å². The van der Waals surface area contributed by atoms with Crippen LogP contribution in [0.3, 0.4) is 0 Å². The van der Waals surface area contributed by atoms with Crippen LogP contribution in [0.4, 0.5) is 0 Å². The van der Waals surface area contributed by atoms with Gasteiger partial charge in [-0.15, -0.1) is 0 Å². The van der Waals surface area contributed by atoms with Crippen molar-refractivity contribution in [3.05, 3.63) is 71.8 Å². The van der Waals surface area contributed by atoms with Gasteiger partial charge in [0, 0.05) is 0 Å². The number of nitrogens with one attached hydrogen (secondary N) is 1. The molecule has 2 aromatic rings. The first-order valence-corrected chi connectivity index (χ1v) is 10.0. The van der Waals surface area contributed by atoms with Crippen LogP contribution >= 0.6 is 0 Å². The maximum absolute atomic E-state index is 12.3. The Morgan fingerprint density at radius 2 is 1.90 bits per heavy atom. The fraction of sp³-hybridized carbons (Fsp3) is 0.348. The molecule has 6 nitrogen and oxygen atoms in total. The summed E-state index contributed by atoms with van der Waals surface area (Å²) in [6.45, 7) is 3.43. The van der Waals surface area contributed by atoms with Crippen LogP contribution in [0.2, 0.25) is 0 Å². The standard InChI is InChI=1S/C23H27BN4O2/c1-18(19-10-6-4-7-11-19)28-14-21(15-29)23(16-28,20-12-8-5-9-13-20)26-22(27(2)3)24-30-17-25/h4-13,15,18,21,26H,14,16H2,1-3H3/t18-,21?,23?/m1/s1. The van der Waals surface area contributed by atoms with Gasteiger partial charge in [0.15, 0.2) is 0 Å². The number of benzene rings is 2. The van der Waals surface area contributed by atoms with Gasteiger partial charge in [0.05, 0.1) is 0 Å². The Balaban J connectivity index is 2.02. The number of nitriles is 1. The summed E-state index contributed by atoms with van der Waals surface area (Å²) in [5.41, 5.74) is 2.21. The number of aldehydes is 1. The quantitative estimate of drug-likeness (QED) is 0.415. The summed E-state index contributed by atoms with van der Waals surface area (Å²) in [7, 11) is 5.12. The van der Waals surface area contributed by atoms with Gasteiger partial charge in [-0.3, -0.25) is 0 Å². The first-order valence-electron chi connectivity index (χ1n) is 10.0. The molecule has 0 bridgehead atoms. The normalized spacial score (nSPS) is 22.5. The van der Waals surface area contributed by atoms with Gasteiger partial charge >= 0.3 is 179 Å². The molecule has 1 N–H and O–H groups in total. The number of carbonyl (C=O) groups excluding carboxylic acids is 1. The molecule has 2 unspecified atom stereocenters. The molecule has 0 aliphatic carbocycles. The van der Waals surface area contributed by atoms with Crippen LogP contribution in [0.1, 0.15) is 24.1 Å². The molecule has 0 saturated carbocycles. The van der Waals surface area contributed by atoms with E-state index in [9.17, 15) is 4.79 Å². The first kappa shape index (κ1) is 21.6. The van der Waals surface area contributed by atoms with E-state index in [2.05, 4.69) is 29.3 Å². The number of carbonyl (C=O) groups is 1. The Hall–Kier alpha value is -3.11. The molecule has 0 amide bonds. The zero-order valence-corrected chi connectivity index (χ0v) is 17.7. The molecular weight excluding hydrogens is 375 g/mol. The third-order valence-corrected chi connectivity index (χ3v) is 5.86. The van der Waals surface area contributed by atoms with Crippen LogP contribution < -0.4 is 5.32 Å². The van der Waals surface area contributed by atoms with Crippen molar-refractivity contribution in [3.8, 4) is 6.26 Å². The van der Waals surface area contributed by atoms with Crippen LogP contribution in [-0.4, -0.2) is 56.1 Å². The van der Waals surface area contributed by atoms with Gasteiger partial charge in [-0.05, 0) is 0 Å². The summed E-state index contributed by atoms with van der Waals surface area (Å²) in [5.74, 6) is -0.281. The number of rotatable bonds is 8. The number of likely N-dealkylation sites (tertiary alicyclic amines) is 1. The van der Waals surface area contributed by atoms with Crippen molar-refractivity contribution >= 4 is 19.1 Å². The molecule has 1 fully saturated rings. The van der Waals surface area contributed by atoms with Crippen molar-refractivity contribution < 1.29 is 9.45 Å². The number of hydrogen-bond donors (Lipinski definition) is 1. The average molecular weight is 402 g/mol. The average Bonchev–Trinajstić information content (AvgIpc) is 3.16. The van der Waals surface area contributed by atoms with Crippen molar-refractivity contribution in [1.29, 1.82) is 5.26 Å². The van der Waals surface area contributed by atoms with Gasteiger partial charge in [-0.1, -0.05) is 0 Å². The molecule has 1 heterocycles. The van der Waals surface area contributed by atoms with Crippen LogP contribution in [0.25, 0.3) is 0 Å². The predicted octanol–water partition coefficient (Wildman–Crippen LogP) is 2.13. The molecular formula is C23H27BN4O2. The van der Waals surface area contributed by atoms with E-state index in [1.54, 1.807) is 6.26 Å². The number of nitrogens with zero attached hydrogens (tertiary/aromatic N) is 3. The van der Waals surface area contributed by atoms with Crippen LogP contribution in [0, 0.1) is 17.4 Å². The molecule has 3 atom stereocenters. The van der Waals surface area contributed by atoms with E-state index in [0.29, 0.717) is 18.8 Å². The fourth-order valence-corrected chi connectivity index (χ4v) is 4.11. The Morgan fingerprint density at radius 1 is 1.27 bits per heavy atom. The minimum atomic E-state index is -0.652. The Labute approximate surface area is 179 Å². The molecule has 3 rings (SSSR count). The van der Waals surface area contributed by atoms with Crippen molar-refractivity contribution in [2.45, 2.75) is 18.5 Å². The monoisotopic (exact) mass is 402 g/mol. The second kappa shape index (κ2) is 9.60. The van der Waals surface area contributed by atoms with E-state index in [-0.39, 0.29) is 12.0 Å². The summed E-state index contributed by atoms with van der Waals surface area (Å²) in [4.78, 5) is 16.4. The Bertz CT molecular complexity index is 914. The topological polar surface area (TPSA) is 68.6 Å². The van der Waals surface area contributed by atoms with E-state index < -0.39 is 5.54 Å². The molecule has 0 aromatic heterocycles. The molecule has 1 saturated heterocycles. The zero-order chi connectivity index (χ0) is 21.6. The van der Waals surface area contributed by atoms with E-state index in [1.165, 1.54) is 12.7 Å². The second-order valence-corrected chi connectivity index (χ2v) is 7.83. The summed E-state index contributed by atoms with van der Waals surface area (Å²) < 4.78 is 4.90. The third kappa shape index (κ3) is 4.39. The van der Waals surface area contributed by atoms with Gasteiger partial charge in [0.1, 0.15) is 0 Å². The van der Waals surface area contributed by atoms with Gasteiger partial charge in [-0.2, -0.15) is 0 Å². The van der Waals surface area contributed by atoms with Crippen LogP contribution in [0.5, 0.6) is 0 Å². The summed E-state index contributed by atoms with van der Waals surface area (Å²) in [6, 6.07) is 20.5. The summed E-state index contributed by atoms with van der Waals surface area (Å²) in [5, 5.41) is 12.4. The van der Waals surface area contributed by atoms with E-state index in [0.717, 1.165) is 11.8 Å². The molecule has 1 aliphatic rings. The predicted molar refractivity (Wildman–Crippen MR) is 118 cm³/mol. The maximum atomic E-state index is 12.3. The molecule has 2 aromatic carbocycles. The Morgan fingerprint density at radius 3 is 2.47 bits per heavy atom. The summed E-state index contributed by atoms with van der Waals surface area (Å²) >= 11 is 0. The third-order valence-electron chi connectivity index (χ3n) is 5.86. The summed E-state index contributed by atoms with van der Waals surface area (Å²) in [6.07, 6.45) is 2.72. The fourth-order valence-electron chi connectivity index (χ4n) is 4.11. The van der Waals surface area contributed by atoms with Crippen molar-refractivity contribution in [1.82, 2.24) is 15.1 Å². The van der Waals surface area contributed by atoms with Crippen LogP contribution in [0.15, 0.2) is 60.7 Å². The van der Waals surface area contributed by atoms with Crippen molar-refractivity contribution in [3.63, 3.8) is 0 Å².